The van der Waals surface area contributed by atoms with Crippen molar-refractivity contribution in [3.63, 3.8) is 0 Å². The van der Waals surface area contributed by atoms with Crippen LogP contribution in [0.15, 0.2) is 55.1 Å². The monoisotopic (exact) mass is 331 g/mol. The molecule has 6 heteroatoms. The Bertz CT molecular complexity index is 1010. The van der Waals surface area contributed by atoms with Crippen LogP contribution in [-0.2, 0) is 0 Å². The van der Waals surface area contributed by atoms with E-state index in [1.807, 2.05) is 56.4 Å². The summed E-state index contributed by atoms with van der Waals surface area (Å²) in [5, 5.41) is 8.18. The van der Waals surface area contributed by atoms with Gasteiger partial charge in [0, 0.05) is 18.0 Å². The van der Waals surface area contributed by atoms with Crippen molar-refractivity contribution in [3.8, 4) is 28.4 Å². The van der Waals surface area contributed by atoms with Crippen molar-refractivity contribution < 1.29 is 4.74 Å². The Morgan fingerprint density at radius 3 is 2.76 bits per heavy atom. The summed E-state index contributed by atoms with van der Waals surface area (Å²) in [5.41, 5.74) is 4.45. The zero-order valence-electron chi connectivity index (χ0n) is 14.0. The maximum Gasteiger partial charge on any atom is 0.224 e. The molecule has 0 fully saturated rings. The highest BCUT2D eigenvalue weighted by atomic mass is 16.5. The first-order valence-electron chi connectivity index (χ1n) is 8.09. The standard InChI is InChI=1S/C19H17N5O/c1-12(2)25-19-14-9-13(6-7-16(14)21-11-22-19)15-10-23-24-18(15)17-5-3-4-8-20-17/h3-12H,1-2H3,(H,23,24). The van der Waals surface area contributed by atoms with E-state index < -0.39 is 0 Å². The van der Waals surface area contributed by atoms with Gasteiger partial charge in [-0.15, -0.1) is 0 Å². The van der Waals surface area contributed by atoms with Crippen molar-refractivity contribution in [1.29, 1.82) is 0 Å². The van der Waals surface area contributed by atoms with E-state index in [2.05, 4.69) is 25.1 Å². The van der Waals surface area contributed by atoms with E-state index in [0.29, 0.717) is 5.88 Å². The maximum absolute atomic E-state index is 5.83. The summed E-state index contributed by atoms with van der Waals surface area (Å²) in [7, 11) is 0. The first-order valence-corrected chi connectivity index (χ1v) is 8.09. The lowest BCUT2D eigenvalue weighted by atomic mass is 10.0. The SMILES string of the molecule is CC(C)Oc1ncnc2ccc(-c3c[nH]nc3-c3ccccn3)cc12. The number of aromatic amines is 1. The van der Waals surface area contributed by atoms with E-state index in [0.717, 1.165) is 33.4 Å². The first-order chi connectivity index (χ1) is 12.2. The average Bonchev–Trinajstić information content (AvgIpc) is 3.12. The maximum atomic E-state index is 5.83. The van der Waals surface area contributed by atoms with Crippen LogP contribution >= 0.6 is 0 Å². The predicted molar refractivity (Wildman–Crippen MR) is 96.1 cm³/mol. The largest absolute Gasteiger partial charge is 0.474 e. The minimum atomic E-state index is 0.0414. The summed E-state index contributed by atoms with van der Waals surface area (Å²) in [5.74, 6) is 0.588. The number of benzene rings is 1. The van der Waals surface area contributed by atoms with E-state index in [1.165, 1.54) is 6.33 Å². The number of nitrogens with one attached hydrogen (secondary N) is 1. The van der Waals surface area contributed by atoms with Gasteiger partial charge in [-0.3, -0.25) is 10.1 Å². The zero-order chi connectivity index (χ0) is 17.2. The second-order valence-electron chi connectivity index (χ2n) is 5.94. The normalized spacial score (nSPS) is 11.2. The van der Waals surface area contributed by atoms with Crippen molar-refractivity contribution in [2.45, 2.75) is 20.0 Å². The van der Waals surface area contributed by atoms with Crippen LogP contribution in [0.25, 0.3) is 33.4 Å². The molecular formula is C19H17N5O. The molecule has 3 heterocycles. The number of pyridine rings is 1. The Balaban J connectivity index is 1.85. The van der Waals surface area contributed by atoms with E-state index >= 15 is 0 Å². The minimum Gasteiger partial charge on any atom is -0.474 e. The molecule has 4 rings (SSSR count). The predicted octanol–water partition coefficient (Wildman–Crippen LogP) is 3.87. The molecule has 1 aromatic carbocycles. The Hall–Kier alpha value is -3.28. The molecule has 0 amide bonds. The lowest BCUT2D eigenvalue weighted by Gasteiger charge is -2.11. The van der Waals surface area contributed by atoms with Gasteiger partial charge in [-0.2, -0.15) is 5.10 Å². The Morgan fingerprint density at radius 1 is 1.04 bits per heavy atom. The fourth-order valence-corrected chi connectivity index (χ4v) is 2.73. The molecule has 25 heavy (non-hydrogen) atoms. The van der Waals surface area contributed by atoms with Gasteiger partial charge in [0.05, 0.1) is 22.7 Å². The molecule has 0 aliphatic heterocycles. The fraction of sp³-hybridized carbons (Fsp3) is 0.158. The third-order valence-electron chi connectivity index (χ3n) is 3.80. The van der Waals surface area contributed by atoms with Gasteiger partial charge in [0.15, 0.2) is 0 Å². The molecular weight excluding hydrogens is 314 g/mol. The topological polar surface area (TPSA) is 76.6 Å². The number of hydrogen-bond acceptors (Lipinski definition) is 5. The summed E-state index contributed by atoms with van der Waals surface area (Å²) in [6.45, 7) is 3.96. The highest BCUT2D eigenvalue weighted by Gasteiger charge is 2.14. The third kappa shape index (κ3) is 2.94. The van der Waals surface area contributed by atoms with Gasteiger partial charge in [0.25, 0.3) is 0 Å². The van der Waals surface area contributed by atoms with E-state index in [1.54, 1.807) is 6.20 Å². The van der Waals surface area contributed by atoms with Crippen molar-refractivity contribution in [1.82, 2.24) is 25.1 Å². The van der Waals surface area contributed by atoms with E-state index in [-0.39, 0.29) is 6.10 Å². The van der Waals surface area contributed by atoms with Gasteiger partial charge in [-0.05, 0) is 43.7 Å². The first kappa shape index (κ1) is 15.3. The molecule has 0 bridgehead atoms. The summed E-state index contributed by atoms with van der Waals surface area (Å²) in [4.78, 5) is 13.0. The summed E-state index contributed by atoms with van der Waals surface area (Å²) in [6, 6.07) is 11.8. The molecule has 0 aliphatic rings. The second-order valence-corrected chi connectivity index (χ2v) is 5.94. The van der Waals surface area contributed by atoms with Gasteiger partial charge in [-0.1, -0.05) is 12.1 Å². The van der Waals surface area contributed by atoms with Crippen LogP contribution in [0, 0.1) is 0 Å². The van der Waals surface area contributed by atoms with E-state index in [4.69, 9.17) is 4.74 Å². The number of nitrogens with zero attached hydrogens (tertiary/aromatic N) is 4. The minimum absolute atomic E-state index is 0.0414. The quantitative estimate of drug-likeness (QED) is 0.614. The molecule has 124 valence electrons. The lowest BCUT2D eigenvalue weighted by molar-refractivity contribution is 0.235. The molecule has 0 saturated carbocycles. The zero-order valence-corrected chi connectivity index (χ0v) is 14.0. The van der Waals surface area contributed by atoms with Crippen molar-refractivity contribution >= 4 is 10.9 Å². The van der Waals surface area contributed by atoms with Crippen molar-refractivity contribution in [3.05, 3.63) is 55.1 Å². The number of fused-ring (bicyclic) bond motifs is 1. The van der Waals surface area contributed by atoms with Gasteiger partial charge >= 0.3 is 0 Å². The Labute approximate surface area is 144 Å². The third-order valence-corrected chi connectivity index (χ3v) is 3.80. The smallest absolute Gasteiger partial charge is 0.224 e. The van der Waals surface area contributed by atoms with Gasteiger partial charge in [-0.25, -0.2) is 9.97 Å². The number of ether oxygens (including phenoxy) is 1. The number of H-pyrrole nitrogens is 1. The van der Waals surface area contributed by atoms with Gasteiger partial charge < -0.3 is 4.74 Å². The highest BCUT2D eigenvalue weighted by molar-refractivity contribution is 5.90. The summed E-state index contributed by atoms with van der Waals surface area (Å²) in [6.07, 6.45) is 5.20. The lowest BCUT2D eigenvalue weighted by Crippen LogP contribution is -2.07. The molecule has 6 nitrogen and oxygen atoms in total. The second kappa shape index (κ2) is 6.32. The van der Waals surface area contributed by atoms with Crippen LogP contribution in [0.5, 0.6) is 5.88 Å². The number of aromatic nitrogens is 5. The van der Waals surface area contributed by atoms with Crippen LogP contribution in [0.4, 0.5) is 0 Å². The summed E-state index contributed by atoms with van der Waals surface area (Å²) < 4.78 is 5.83. The molecule has 0 unspecified atom stereocenters. The summed E-state index contributed by atoms with van der Waals surface area (Å²) >= 11 is 0. The Kier molecular flexibility index (Phi) is 3.85. The molecule has 1 N–H and O–H groups in total. The highest BCUT2D eigenvalue weighted by Crippen LogP contribution is 2.32. The van der Waals surface area contributed by atoms with Crippen molar-refractivity contribution in [2.75, 3.05) is 0 Å². The average molecular weight is 331 g/mol. The van der Waals surface area contributed by atoms with Crippen LogP contribution in [0.3, 0.4) is 0 Å². The van der Waals surface area contributed by atoms with Crippen LogP contribution in [0.1, 0.15) is 13.8 Å². The number of hydrogen-bond donors (Lipinski definition) is 1. The molecule has 0 aliphatic carbocycles. The molecule has 0 spiro atoms. The molecule has 0 saturated heterocycles. The Morgan fingerprint density at radius 2 is 1.96 bits per heavy atom. The molecule has 4 aromatic rings. The number of rotatable bonds is 4. The van der Waals surface area contributed by atoms with E-state index in [9.17, 15) is 0 Å². The molecule has 0 atom stereocenters. The van der Waals surface area contributed by atoms with Crippen molar-refractivity contribution in [2.24, 2.45) is 0 Å². The van der Waals surface area contributed by atoms with Gasteiger partial charge in [0.2, 0.25) is 5.88 Å². The fourth-order valence-electron chi connectivity index (χ4n) is 2.73. The molecule has 0 radical (unpaired) electrons. The van der Waals surface area contributed by atoms with Crippen LogP contribution in [0.2, 0.25) is 0 Å². The van der Waals surface area contributed by atoms with Gasteiger partial charge in [0.1, 0.15) is 12.0 Å². The van der Waals surface area contributed by atoms with Crippen LogP contribution < -0.4 is 4.74 Å². The van der Waals surface area contributed by atoms with Crippen LogP contribution in [-0.4, -0.2) is 31.3 Å². The molecule has 3 aromatic heterocycles.